The van der Waals surface area contributed by atoms with E-state index in [1.807, 2.05) is 17.8 Å². The van der Waals surface area contributed by atoms with Gasteiger partial charge >= 0.3 is 0 Å². The van der Waals surface area contributed by atoms with Crippen LogP contribution in [0.2, 0.25) is 5.02 Å². The van der Waals surface area contributed by atoms with E-state index in [1.165, 1.54) is 22.8 Å². The molecule has 1 N–H and O–H groups in total. The Morgan fingerprint density at radius 2 is 2.12 bits per heavy atom. The molecule has 2 rings (SSSR count). The molecule has 0 spiro atoms. The molecular weight excluding hydrogens is 252 g/mol. The second-order valence-electron chi connectivity index (χ2n) is 4.15. The van der Waals surface area contributed by atoms with Gasteiger partial charge in [-0.2, -0.15) is 11.8 Å². The van der Waals surface area contributed by atoms with E-state index >= 15 is 0 Å². The van der Waals surface area contributed by atoms with E-state index in [2.05, 4.69) is 29.3 Å². The van der Waals surface area contributed by atoms with E-state index in [9.17, 15) is 0 Å². The Labute approximate surface area is 113 Å². The predicted molar refractivity (Wildman–Crippen MR) is 78.4 cm³/mol. The lowest BCUT2D eigenvalue weighted by Crippen LogP contribution is -2.33. The summed E-state index contributed by atoms with van der Waals surface area (Å²) in [7, 11) is 0. The van der Waals surface area contributed by atoms with E-state index in [4.69, 9.17) is 11.6 Å². The molecule has 1 saturated heterocycles. The Morgan fingerprint density at radius 3 is 2.82 bits per heavy atom. The summed E-state index contributed by atoms with van der Waals surface area (Å²) in [5, 5.41) is 4.21. The summed E-state index contributed by atoms with van der Waals surface area (Å²) in [4.78, 5) is 2.47. The first-order valence-corrected chi connectivity index (χ1v) is 7.66. The van der Waals surface area contributed by atoms with Crippen LogP contribution in [0.15, 0.2) is 18.2 Å². The Hall–Kier alpha value is -0.380. The molecule has 4 heteroatoms. The van der Waals surface area contributed by atoms with Crippen molar-refractivity contribution in [3.05, 3.63) is 28.8 Å². The molecule has 1 aliphatic heterocycles. The highest BCUT2D eigenvalue weighted by Crippen LogP contribution is 2.26. The molecule has 0 radical (unpaired) electrons. The van der Waals surface area contributed by atoms with Crippen LogP contribution in [0.5, 0.6) is 0 Å². The number of rotatable bonds is 4. The Bertz CT molecular complexity index is 364. The maximum absolute atomic E-state index is 6.08. The van der Waals surface area contributed by atoms with Crippen molar-refractivity contribution in [2.75, 3.05) is 36.0 Å². The minimum Gasteiger partial charge on any atom is -0.370 e. The first-order valence-electron chi connectivity index (χ1n) is 6.13. The van der Waals surface area contributed by atoms with Crippen LogP contribution in [0.25, 0.3) is 0 Å². The molecule has 0 unspecified atom stereocenters. The highest BCUT2D eigenvalue weighted by atomic mass is 35.5. The van der Waals surface area contributed by atoms with Crippen LogP contribution in [0.3, 0.4) is 0 Å². The van der Waals surface area contributed by atoms with Crippen LogP contribution in [0, 0.1) is 0 Å². The molecule has 0 saturated carbocycles. The third-order valence-electron chi connectivity index (χ3n) is 2.96. The topological polar surface area (TPSA) is 15.3 Å². The van der Waals surface area contributed by atoms with Crippen molar-refractivity contribution in [2.24, 2.45) is 0 Å². The lowest BCUT2D eigenvalue weighted by Gasteiger charge is -2.30. The summed E-state index contributed by atoms with van der Waals surface area (Å²) in [5.74, 6) is 2.45. The van der Waals surface area contributed by atoms with Gasteiger partial charge in [-0.15, -0.1) is 0 Å². The van der Waals surface area contributed by atoms with E-state index in [1.54, 1.807) is 0 Å². The number of benzene rings is 1. The number of hydrogen-bond acceptors (Lipinski definition) is 3. The zero-order chi connectivity index (χ0) is 12.1. The van der Waals surface area contributed by atoms with Crippen LogP contribution in [0.4, 0.5) is 5.69 Å². The first-order chi connectivity index (χ1) is 8.31. The molecule has 94 valence electrons. The van der Waals surface area contributed by atoms with Crippen molar-refractivity contribution in [1.82, 2.24) is 5.32 Å². The van der Waals surface area contributed by atoms with Crippen molar-refractivity contribution in [1.29, 1.82) is 0 Å². The lowest BCUT2D eigenvalue weighted by molar-refractivity contribution is 0.721. The van der Waals surface area contributed by atoms with Crippen LogP contribution in [-0.2, 0) is 6.54 Å². The summed E-state index contributed by atoms with van der Waals surface area (Å²) >= 11 is 8.12. The molecule has 1 aliphatic rings. The van der Waals surface area contributed by atoms with Gasteiger partial charge in [-0.3, -0.25) is 0 Å². The minimum atomic E-state index is 0.827. The quantitative estimate of drug-likeness (QED) is 0.906. The van der Waals surface area contributed by atoms with Crippen molar-refractivity contribution in [2.45, 2.75) is 13.5 Å². The van der Waals surface area contributed by atoms with Crippen molar-refractivity contribution < 1.29 is 0 Å². The van der Waals surface area contributed by atoms with Gasteiger partial charge in [0, 0.05) is 41.8 Å². The molecule has 0 aromatic heterocycles. The molecule has 17 heavy (non-hydrogen) atoms. The van der Waals surface area contributed by atoms with Crippen LogP contribution in [0.1, 0.15) is 12.5 Å². The molecule has 1 fully saturated rings. The normalized spacial score (nSPS) is 16.2. The first kappa shape index (κ1) is 13.1. The SMILES string of the molecule is CCNCc1cc(Cl)ccc1N1CCSCC1. The third kappa shape index (κ3) is 3.54. The van der Waals surface area contributed by atoms with Crippen LogP contribution < -0.4 is 10.2 Å². The van der Waals surface area contributed by atoms with Gasteiger partial charge < -0.3 is 10.2 Å². The fourth-order valence-electron chi connectivity index (χ4n) is 2.07. The summed E-state index contributed by atoms with van der Waals surface area (Å²) in [6.45, 7) is 6.30. The maximum Gasteiger partial charge on any atom is 0.0413 e. The summed E-state index contributed by atoms with van der Waals surface area (Å²) in [5.41, 5.74) is 2.65. The van der Waals surface area contributed by atoms with E-state index in [-0.39, 0.29) is 0 Å². The Morgan fingerprint density at radius 1 is 1.35 bits per heavy atom. The fourth-order valence-corrected chi connectivity index (χ4v) is 3.17. The monoisotopic (exact) mass is 270 g/mol. The standard InChI is InChI=1S/C13H19ClN2S/c1-2-15-10-11-9-12(14)3-4-13(11)16-5-7-17-8-6-16/h3-4,9,15H,2,5-8,10H2,1H3. The second-order valence-corrected chi connectivity index (χ2v) is 5.81. The van der Waals surface area contributed by atoms with E-state index < -0.39 is 0 Å². The van der Waals surface area contributed by atoms with E-state index in [0.717, 1.165) is 31.2 Å². The van der Waals surface area contributed by atoms with Crippen molar-refractivity contribution in [3.63, 3.8) is 0 Å². The maximum atomic E-state index is 6.08. The number of nitrogens with zero attached hydrogens (tertiary/aromatic N) is 1. The molecule has 1 aromatic rings. The molecule has 2 nitrogen and oxygen atoms in total. The Balaban J connectivity index is 2.18. The van der Waals surface area contributed by atoms with Gasteiger partial charge in [-0.05, 0) is 30.3 Å². The number of nitrogens with one attached hydrogen (secondary N) is 1. The number of thioether (sulfide) groups is 1. The van der Waals surface area contributed by atoms with Crippen molar-refractivity contribution in [3.8, 4) is 0 Å². The van der Waals surface area contributed by atoms with Gasteiger partial charge in [-0.1, -0.05) is 18.5 Å². The number of halogens is 1. The van der Waals surface area contributed by atoms with Gasteiger partial charge in [0.25, 0.3) is 0 Å². The average Bonchev–Trinajstić information content (AvgIpc) is 2.37. The zero-order valence-electron chi connectivity index (χ0n) is 10.2. The number of hydrogen-bond donors (Lipinski definition) is 1. The highest BCUT2D eigenvalue weighted by molar-refractivity contribution is 7.99. The van der Waals surface area contributed by atoms with Gasteiger partial charge in [-0.25, -0.2) is 0 Å². The molecule has 1 heterocycles. The highest BCUT2D eigenvalue weighted by Gasteiger charge is 2.14. The molecule has 0 aliphatic carbocycles. The van der Waals surface area contributed by atoms with Crippen LogP contribution >= 0.6 is 23.4 Å². The van der Waals surface area contributed by atoms with Gasteiger partial charge in [0.15, 0.2) is 0 Å². The molecule has 0 atom stereocenters. The summed E-state index contributed by atoms with van der Waals surface area (Å²) < 4.78 is 0. The predicted octanol–water partition coefficient (Wildman–Crippen LogP) is 3.00. The second kappa shape index (κ2) is 6.53. The fraction of sp³-hybridized carbons (Fsp3) is 0.538. The smallest absolute Gasteiger partial charge is 0.0413 e. The van der Waals surface area contributed by atoms with Crippen molar-refractivity contribution >= 4 is 29.1 Å². The number of anilines is 1. The molecule has 1 aromatic carbocycles. The van der Waals surface area contributed by atoms with Gasteiger partial charge in [0.1, 0.15) is 0 Å². The largest absolute Gasteiger partial charge is 0.370 e. The Kier molecular flexibility index (Phi) is 5.01. The molecule has 0 bridgehead atoms. The minimum absolute atomic E-state index is 0.827. The summed E-state index contributed by atoms with van der Waals surface area (Å²) in [6, 6.07) is 6.24. The van der Waals surface area contributed by atoms with Gasteiger partial charge in [0.05, 0.1) is 0 Å². The van der Waals surface area contributed by atoms with E-state index in [0.29, 0.717) is 0 Å². The zero-order valence-corrected chi connectivity index (χ0v) is 11.8. The molecule has 0 amide bonds. The van der Waals surface area contributed by atoms with Gasteiger partial charge in [0.2, 0.25) is 0 Å². The average molecular weight is 271 g/mol. The summed E-state index contributed by atoms with van der Waals surface area (Å²) in [6.07, 6.45) is 0. The molecular formula is C13H19ClN2S. The van der Waals surface area contributed by atoms with Crippen LogP contribution in [-0.4, -0.2) is 31.1 Å². The lowest BCUT2D eigenvalue weighted by atomic mass is 10.1. The third-order valence-corrected chi connectivity index (χ3v) is 4.14.